The van der Waals surface area contributed by atoms with Gasteiger partial charge in [-0.15, -0.1) is 0 Å². The molecule has 2 aromatic rings. The maximum Gasteiger partial charge on any atom is 0.289 e. The van der Waals surface area contributed by atoms with Crippen molar-refractivity contribution in [1.29, 1.82) is 0 Å². The number of rotatable bonds is 18. The van der Waals surface area contributed by atoms with E-state index in [-0.39, 0.29) is 31.2 Å². The molecule has 0 saturated carbocycles. The van der Waals surface area contributed by atoms with Gasteiger partial charge in [0.2, 0.25) is 23.5 Å². The lowest BCUT2D eigenvalue weighted by Gasteiger charge is -2.27. The molecule has 4 N–H and O–H groups in total. The van der Waals surface area contributed by atoms with E-state index < -0.39 is 41.6 Å². The zero-order valence-corrected chi connectivity index (χ0v) is 29.1. The number of nitrogens with one attached hydrogen (secondary N) is 4. The molecule has 1 unspecified atom stereocenters. The summed E-state index contributed by atoms with van der Waals surface area (Å²) >= 11 is 6.01. The van der Waals surface area contributed by atoms with E-state index in [1.807, 2.05) is 51.9 Å². The predicted octanol–water partition coefficient (Wildman–Crippen LogP) is 4.65. The molecule has 1 fully saturated rings. The largest absolute Gasteiger partial charge is 0.350 e. The fourth-order valence-corrected chi connectivity index (χ4v) is 8.22. The van der Waals surface area contributed by atoms with Crippen molar-refractivity contribution in [2.45, 2.75) is 89.1 Å². The van der Waals surface area contributed by atoms with E-state index in [2.05, 4.69) is 21.3 Å². The highest BCUT2D eigenvalue weighted by Gasteiger charge is 2.33. The number of halogens is 1. The standard InChI is InChI=1S/C34H45ClN4O5S2/c1-4-36-34(44)31(41)27(20-24-14-16-25(35)17-15-24)38-33(43)30(22(2)3)39-32(42)28(21-23-10-6-5-7-11-23)37-29(40)13-9-8-12-26-18-19-45-46-26/h5-7,10-11,14-17,22,26-28,30H,4,8-9,12-13,18-21H2,1-3H3,(H,36,44)(H,37,40)(H,38,43)(H,39,42)/t26-,27-,28?,30-/m0/s1. The van der Waals surface area contributed by atoms with Crippen LogP contribution in [0.2, 0.25) is 5.02 Å². The molecule has 4 atom stereocenters. The predicted molar refractivity (Wildman–Crippen MR) is 187 cm³/mol. The Balaban J connectivity index is 1.70. The maximum atomic E-state index is 13.7. The van der Waals surface area contributed by atoms with Crippen LogP contribution in [-0.4, -0.2) is 65.1 Å². The van der Waals surface area contributed by atoms with Crippen molar-refractivity contribution in [3.05, 3.63) is 70.7 Å². The van der Waals surface area contributed by atoms with Crippen LogP contribution < -0.4 is 21.3 Å². The first-order valence-electron chi connectivity index (χ1n) is 15.9. The molecule has 250 valence electrons. The van der Waals surface area contributed by atoms with Crippen LogP contribution >= 0.6 is 33.2 Å². The van der Waals surface area contributed by atoms with Crippen LogP contribution in [0, 0.1) is 5.92 Å². The maximum absolute atomic E-state index is 13.7. The molecule has 1 aliphatic rings. The first-order chi connectivity index (χ1) is 22.1. The molecule has 2 aromatic carbocycles. The summed E-state index contributed by atoms with van der Waals surface area (Å²) in [6, 6.07) is 13.0. The Morgan fingerprint density at radius 1 is 0.848 bits per heavy atom. The molecule has 46 heavy (non-hydrogen) atoms. The van der Waals surface area contributed by atoms with Crippen molar-refractivity contribution in [2.24, 2.45) is 5.92 Å². The van der Waals surface area contributed by atoms with Gasteiger partial charge >= 0.3 is 0 Å². The number of hydrogen-bond donors (Lipinski definition) is 4. The summed E-state index contributed by atoms with van der Waals surface area (Å²) in [5.74, 6) is -2.11. The van der Waals surface area contributed by atoms with Crippen molar-refractivity contribution in [1.82, 2.24) is 21.3 Å². The average molecular weight is 689 g/mol. The number of hydrogen-bond acceptors (Lipinski definition) is 7. The van der Waals surface area contributed by atoms with E-state index in [1.54, 1.807) is 45.0 Å². The normalized spacial score (nSPS) is 16.2. The van der Waals surface area contributed by atoms with Gasteiger partial charge < -0.3 is 21.3 Å². The fourth-order valence-electron chi connectivity index (χ4n) is 5.07. The number of Topliss-reactive ketones (excluding diaryl/α,β-unsaturated/α-hetero) is 1. The van der Waals surface area contributed by atoms with Crippen molar-refractivity contribution >= 4 is 62.6 Å². The second-order valence-corrected chi connectivity index (χ2v) is 15.0. The SMILES string of the molecule is CCNC(=O)C(=O)[C@H](Cc1ccc(Cl)cc1)NC(=O)[C@@H](NC(=O)C(Cc1ccccc1)NC(=O)CCCC[C@H]1CCSS1)C(C)C. The van der Waals surface area contributed by atoms with Gasteiger partial charge in [0.05, 0.1) is 0 Å². The van der Waals surface area contributed by atoms with E-state index in [1.165, 1.54) is 12.2 Å². The molecular formula is C34H45ClN4O5S2. The first kappa shape index (κ1) is 37.4. The number of ketones is 1. The number of likely N-dealkylation sites (N-methyl/N-ethyl adjacent to an activating group) is 1. The summed E-state index contributed by atoms with van der Waals surface area (Å²) in [7, 11) is 3.82. The molecule has 3 rings (SSSR count). The smallest absolute Gasteiger partial charge is 0.289 e. The van der Waals surface area contributed by atoms with Crippen molar-refractivity contribution < 1.29 is 24.0 Å². The minimum atomic E-state index is -1.17. The lowest BCUT2D eigenvalue weighted by atomic mass is 9.98. The molecule has 12 heteroatoms. The topological polar surface area (TPSA) is 133 Å². The minimum absolute atomic E-state index is 0.0581. The summed E-state index contributed by atoms with van der Waals surface area (Å²) in [5.41, 5.74) is 1.56. The van der Waals surface area contributed by atoms with Crippen molar-refractivity contribution in [3.8, 4) is 0 Å². The highest BCUT2D eigenvalue weighted by molar-refractivity contribution is 8.77. The monoisotopic (exact) mass is 688 g/mol. The zero-order chi connectivity index (χ0) is 33.5. The summed E-state index contributed by atoms with van der Waals surface area (Å²) in [5, 5.41) is 12.1. The molecule has 1 aliphatic heterocycles. The number of unbranched alkanes of at least 4 members (excludes halogenated alkanes) is 1. The van der Waals surface area contributed by atoms with Crippen LogP contribution in [0.1, 0.15) is 64.0 Å². The van der Waals surface area contributed by atoms with E-state index in [4.69, 9.17) is 11.6 Å². The third kappa shape index (κ3) is 12.6. The van der Waals surface area contributed by atoms with Gasteiger partial charge in [-0.3, -0.25) is 24.0 Å². The molecule has 0 aromatic heterocycles. The molecule has 1 saturated heterocycles. The zero-order valence-electron chi connectivity index (χ0n) is 26.7. The number of amides is 4. The Kier molecular flexibility index (Phi) is 15.9. The number of benzene rings is 2. The van der Waals surface area contributed by atoms with Gasteiger partial charge in [-0.05, 0) is 55.4 Å². The Hall–Kier alpha value is -3.02. The third-order valence-electron chi connectivity index (χ3n) is 7.64. The van der Waals surface area contributed by atoms with Crippen LogP contribution in [0.4, 0.5) is 0 Å². The van der Waals surface area contributed by atoms with Crippen LogP contribution in [0.3, 0.4) is 0 Å². The molecule has 4 amide bonds. The highest BCUT2D eigenvalue weighted by Crippen LogP contribution is 2.39. The van der Waals surface area contributed by atoms with Gasteiger partial charge in [0.1, 0.15) is 18.1 Å². The Bertz CT molecular complexity index is 1310. The average Bonchev–Trinajstić information content (AvgIpc) is 3.56. The fraction of sp³-hybridized carbons (Fsp3) is 0.500. The second kappa shape index (κ2) is 19.6. The van der Waals surface area contributed by atoms with Gasteiger partial charge in [0.25, 0.3) is 5.91 Å². The summed E-state index contributed by atoms with van der Waals surface area (Å²) in [4.78, 5) is 65.8. The minimum Gasteiger partial charge on any atom is -0.350 e. The summed E-state index contributed by atoms with van der Waals surface area (Å²) < 4.78 is 0. The van der Waals surface area contributed by atoms with E-state index in [0.717, 1.165) is 24.8 Å². The molecular weight excluding hydrogens is 644 g/mol. The molecule has 0 bridgehead atoms. The molecule has 0 radical (unpaired) electrons. The van der Waals surface area contributed by atoms with Crippen molar-refractivity contribution in [3.63, 3.8) is 0 Å². The van der Waals surface area contributed by atoms with Crippen LogP contribution in [0.5, 0.6) is 0 Å². The lowest BCUT2D eigenvalue weighted by Crippen LogP contribution is -2.59. The van der Waals surface area contributed by atoms with Gasteiger partial charge in [0.15, 0.2) is 0 Å². The van der Waals surface area contributed by atoms with Crippen LogP contribution in [-0.2, 0) is 36.8 Å². The summed E-state index contributed by atoms with van der Waals surface area (Å²) in [6.07, 6.45) is 4.57. The summed E-state index contributed by atoms with van der Waals surface area (Å²) in [6.45, 7) is 5.50. The van der Waals surface area contributed by atoms with Crippen LogP contribution in [0.25, 0.3) is 0 Å². The lowest BCUT2D eigenvalue weighted by molar-refractivity contribution is -0.140. The third-order valence-corrected chi connectivity index (χ3v) is 10.9. The van der Waals surface area contributed by atoms with Gasteiger partial charge in [-0.25, -0.2) is 0 Å². The highest BCUT2D eigenvalue weighted by atomic mass is 35.5. The Morgan fingerprint density at radius 2 is 1.52 bits per heavy atom. The Labute approximate surface area is 284 Å². The molecule has 9 nitrogen and oxygen atoms in total. The Morgan fingerprint density at radius 3 is 2.15 bits per heavy atom. The van der Waals surface area contributed by atoms with Crippen molar-refractivity contribution in [2.75, 3.05) is 12.3 Å². The molecule has 1 heterocycles. The quantitative estimate of drug-likeness (QED) is 0.102. The van der Waals surface area contributed by atoms with Gasteiger partial charge in [0, 0.05) is 41.8 Å². The molecule has 0 aliphatic carbocycles. The number of carbonyl (C=O) groups is 5. The number of carbonyl (C=O) groups excluding carboxylic acids is 5. The van der Waals surface area contributed by atoms with E-state index in [0.29, 0.717) is 22.3 Å². The first-order valence-corrected chi connectivity index (χ1v) is 18.6. The molecule has 0 spiro atoms. The van der Waals surface area contributed by atoms with E-state index in [9.17, 15) is 24.0 Å². The van der Waals surface area contributed by atoms with Gasteiger partial charge in [-0.2, -0.15) is 0 Å². The van der Waals surface area contributed by atoms with Gasteiger partial charge in [-0.1, -0.05) is 95.9 Å². The second-order valence-electron chi connectivity index (χ2n) is 11.7. The van der Waals surface area contributed by atoms with Crippen LogP contribution in [0.15, 0.2) is 54.6 Å². The van der Waals surface area contributed by atoms with E-state index >= 15 is 0 Å².